The summed E-state index contributed by atoms with van der Waals surface area (Å²) in [6.45, 7) is 5.80. The summed E-state index contributed by atoms with van der Waals surface area (Å²) < 4.78 is 5.19. The summed E-state index contributed by atoms with van der Waals surface area (Å²) in [6.07, 6.45) is 0. The number of aromatic nitrogens is 1. The van der Waals surface area contributed by atoms with E-state index >= 15 is 0 Å². The fourth-order valence-corrected chi connectivity index (χ4v) is 2.52. The molecule has 1 heterocycles. The Morgan fingerprint density at radius 3 is 2.17 bits per heavy atom. The van der Waals surface area contributed by atoms with Gasteiger partial charge in [-0.3, -0.25) is 4.79 Å². The lowest BCUT2D eigenvalue weighted by Crippen LogP contribution is -2.11. The lowest BCUT2D eigenvalue weighted by Gasteiger charge is -2.07. The van der Waals surface area contributed by atoms with Crippen molar-refractivity contribution in [2.75, 3.05) is 5.32 Å². The molecule has 0 aliphatic rings. The highest BCUT2D eigenvalue weighted by Gasteiger charge is 2.12. The molecule has 4 heteroatoms. The highest BCUT2D eigenvalue weighted by molar-refractivity contribution is 6.04. The van der Waals surface area contributed by atoms with Crippen LogP contribution in [0.2, 0.25) is 0 Å². The maximum Gasteiger partial charge on any atom is 0.255 e. The van der Waals surface area contributed by atoms with E-state index < -0.39 is 0 Å². The molecule has 0 fully saturated rings. The zero-order chi connectivity index (χ0) is 16.4. The van der Waals surface area contributed by atoms with Gasteiger partial charge in [-0.15, -0.1) is 0 Å². The number of anilines is 1. The predicted octanol–water partition coefficient (Wildman–Crippen LogP) is 4.52. The van der Waals surface area contributed by atoms with E-state index in [0.29, 0.717) is 5.56 Å². The second kappa shape index (κ2) is 6.08. The van der Waals surface area contributed by atoms with Gasteiger partial charge in [-0.25, -0.2) is 0 Å². The van der Waals surface area contributed by atoms with Crippen LogP contribution in [0.4, 0.5) is 5.69 Å². The molecule has 23 heavy (non-hydrogen) atoms. The second-order valence-electron chi connectivity index (χ2n) is 5.60. The number of amides is 1. The molecule has 0 saturated carbocycles. The van der Waals surface area contributed by atoms with Gasteiger partial charge >= 0.3 is 0 Å². The van der Waals surface area contributed by atoms with Crippen molar-refractivity contribution in [2.24, 2.45) is 0 Å². The van der Waals surface area contributed by atoms with Crippen LogP contribution in [0.5, 0.6) is 0 Å². The molecule has 3 rings (SSSR count). The van der Waals surface area contributed by atoms with Gasteiger partial charge in [0.2, 0.25) is 0 Å². The Hall–Kier alpha value is -2.88. The maximum absolute atomic E-state index is 12.3. The lowest BCUT2D eigenvalue weighted by atomic mass is 10.0. The first-order valence-electron chi connectivity index (χ1n) is 7.46. The van der Waals surface area contributed by atoms with Crippen molar-refractivity contribution in [3.05, 3.63) is 71.1 Å². The molecule has 0 radical (unpaired) electrons. The van der Waals surface area contributed by atoms with E-state index in [1.54, 1.807) is 0 Å². The molecular weight excluding hydrogens is 288 g/mol. The van der Waals surface area contributed by atoms with Crippen LogP contribution in [-0.4, -0.2) is 11.1 Å². The zero-order valence-electron chi connectivity index (χ0n) is 13.4. The minimum atomic E-state index is -0.126. The van der Waals surface area contributed by atoms with E-state index in [1.165, 1.54) is 0 Å². The average molecular weight is 306 g/mol. The number of hydrogen-bond donors (Lipinski definition) is 1. The second-order valence-corrected chi connectivity index (χ2v) is 5.60. The van der Waals surface area contributed by atoms with Gasteiger partial charge < -0.3 is 9.84 Å². The molecule has 0 aliphatic carbocycles. The van der Waals surface area contributed by atoms with Gasteiger partial charge in [0.25, 0.3) is 5.91 Å². The topological polar surface area (TPSA) is 55.1 Å². The van der Waals surface area contributed by atoms with Gasteiger partial charge in [0, 0.05) is 16.8 Å². The van der Waals surface area contributed by atoms with Gasteiger partial charge in [-0.1, -0.05) is 35.0 Å². The zero-order valence-corrected chi connectivity index (χ0v) is 13.4. The van der Waals surface area contributed by atoms with Crippen LogP contribution in [0.1, 0.15) is 27.4 Å². The fraction of sp³-hybridized carbons (Fsp3) is 0.158. The standard InChI is InChI=1S/C19H18N2O2/c1-12-4-10-17(11-5-12)20-19(22)16-8-6-15(7-9-16)18-13(2)21-23-14(18)3/h4-11H,1-3H3,(H,20,22). The molecule has 4 nitrogen and oxygen atoms in total. The van der Waals surface area contributed by atoms with Crippen LogP contribution < -0.4 is 5.32 Å². The first-order chi connectivity index (χ1) is 11.0. The van der Waals surface area contributed by atoms with Gasteiger partial charge in [-0.05, 0) is 50.6 Å². The number of nitrogens with one attached hydrogen (secondary N) is 1. The van der Waals surface area contributed by atoms with E-state index in [9.17, 15) is 4.79 Å². The van der Waals surface area contributed by atoms with Crippen molar-refractivity contribution >= 4 is 11.6 Å². The SMILES string of the molecule is Cc1ccc(NC(=O)c2ccc(-c3c(C)noc3C)cc2)cc1. The van der Waals surface area contributed by atoms with Crippen molar-refractivity contribution in [3.8, 4) is 11.1 Å². The lowest BCUT2D eigenvalue weighted by molar-refractivity contribution is 0.102. The Kier molecular flexibility index (Phi) is 3.98. The number of hydrogen-bond acceptors (Lipinski definition) is 3. The number of carbonyl (C=O) groups excluding carboxylic acids is 1. The number of aryl methyl sites for hydroxylation is 3. The highest BCUT2D eigenvalue weighted by atomic mass is 16.5. The smallest absolute Gasteiger partial charge is 0.255 e. The monoisotopic (exact) mass is 306 g/mol. The summed E-state index contributed by atoms with van der Waals surface area (Å²) in [5.41, 5.74) is 5.38. The van der Waals surface area contributed by atoms with E-state index in [0.717, 1.165) is 33.8 Å². The quantitative estimate of drug-likeness (QED) is 0.774. The third-order valence-electron chi connectivity index (χ3n) is 3.78. The Bertz CT molecular complexity index is 811. The molecule has 116 valence electrons. The molecule has 0 unspecified atom stereocenters. The first-order valence-corrected chi connectivity index (χ1v) is 7.46. The van der Waals surface area contributed by atoms with Gasteiger partial charge in [0.15, 0.2) is 0 Å². The molecule has 1 N–H and O–H groups in total. The van der Waals surface area contributed by atoms with Crippen LogP contribution in [0.15, 0.2) is 53.1 Å². The number of benzene rings is 2. The number of nitrogens with zero attached hydrogens (tertiary/aromatic N) is 1. The average Bonchev–Trinajstić information content (AvgIpc) is 2.88. The molecule has 1 amide bonds. The van der Waals surface area contributed by atoms with Crippen molar-refractivity contribution in [2.45, 2.75) is 20.8 Å². The van der Waals surface area contributed by atoms with E-state index in [4.69, 9.17) is 4.52 Å². The molecule has 3 aromatic rings. The fourth-order valence-electron chi connectivity index (χ4n) is 2.52. The largest absolute Gasteiger partial charge is 0.361 e. The normalized spacial score (nSPS) is 10.6. The van der Waals surface area contributed by atoms with Crippen LogP contribution in [0, 0.1) is 20.8 Å². The summed E-state index contributed by atoms with van der Waals surface area (Å²) >= 11 is 0. The van der Waals surface area contributed by atoms with E-state index in [1.807, 2.05) is 69.3 Å². The molecule has 0 atom stereocenters. The molecule has 0 saturated heterocycles. The Morgan fingerprint density at radius 1 is 0.957 bits per heavy atom. The van der Waals surface area contributed by atoms with E-state index in [-0.39, 0.29) is 5.91 Å². The highest BCUT2D eigenvalue weighted by Crippen LogP contribution is 2.27. The third-order valence-corrected chi connectivity index (χ3v) is 3.78. The first kappa shape index (κ1) is 15.0. The number of carbonyl (C=O) groups is 1. The summed E-state index contributed by atoms with van der Waals surface area (Å²) in [6, 6.07) is 15.2. The minimum absolute atomic E-state index is 0.126. The van der Waals surface area contributed by atoms with E-state index in [2.05, 4.69) is 10.5 Å². The Balaban J connectivity index is 1.79. The Morgan fingerprint density at radius 2 is 1.61 bits per heavy atom. The van der Waals surface area contributed by atoms with Crippen LogP contribution in [0.3, 0.4) is 0 Å². The molecule has 0 bridgehead atoms. The van der Waals surface area contributed by atoms with Crippen LogP contribution in [-0.2, 0) is 0 Å². The van der Waals surface area contributed by atoms with Gasteiger partial charge in [0.05, 0.1) is 5.69 Å². The van der Waals surface area contributed by atoms with Crippen molar-refractivity contribution in [1.82, 2.24) is 5.16 Å². The predicted molar refractivity (Wildman–Crippen MR) is 90.5 cm³/mol. The summed E-state index contributed by atoms with van der Waals surface area (Å²) in [4.78, 5) is 12.3. The molecular formula is C19H18N2O2. The molecule has 2 aromatic carbocycles. The van der Waals surface area contributed by atoms with Crippen molar-refractivity contribution < 1.29 is 9.32 Å². The summed E-state index contributed by atoms with van der Waals surface area (Å²) in [5.74, 6) is 0.651. The van der Waals surface area contributed by atoms with Crippen LogP contribution >= 0.6 is 0 Å². The minimum Gasteiger partial charge on any atom is -0.361 e. The molecule has 0 aliphatic heterocycles. The van der Waals surface area contributed by atoms with Crippen LogP contribution in [0.25, 0.3) is 11.1 Å². The summed E-state index contributed by atoms with van der Waals surface area (Å²) in [7, 11) is 0. The number of rotatable bonds is 3. The third kappa shape index (κ3) is 3.16. The summed E-state index contributed by atoms with van der Waals surface area (Å²) in [5, 5.41) is 6.85. The van der Waals surface area contributed by atoms with Crippen molar-refractivity contribution in [1.29, 1.82) is 0 Å². The maximum atomic E-state index is 12.3. The molecule has 0 spiro atoms. The van der Waals surface area contributed by atoms with Crippen molar-refractivity contribution in [3.63, 3.8) is 0 Å². The van der Waals surface area contributed by atoms with Gasteiger partial charge in [0.1, 0.15) is 5.76 Å². The molecule has 1 aromatic heterocycles. The van der Waals surface area contributed by atoms with Gasteiger partial charge in [-0.2, -0.15) is 0 Å². The Labute approximate surface area is 135 Å².